The topological polar surface area (TPSA) is 64.6 Å². The average molecular weight is 397 g/mol. The monoisotopic (exact) mass is 397 g/mol. The second-order valence-electron chi connectivity index (χ2n) is 5.48. The minimum Gasteiger partial charge on any atom is -0.449 e. The van der Waals surface area contributed by atoms with E-state index in [1.54, 1.807) is 0 Å². The van der Waals surface area contributed by atoms with E-state index in [1.165, 1.54) is 37.3 Å². The van der Waals surface area contributed by atoms with Gasteiger partial charge in [0, 0.05) is 17.8 Å². The number of hydrogen-bond donors (Lipinski definition) is 1. The number of ether oxygens (including phenoxy) is 2. The Labute approximate surface area is 157 Å². The third-order valence-corrected chi connectivity index (χ3v) is 3.37. The molecule has 0 spiro atoms. The van der Waals surface area contributed by atoms with Crippen LogP contribution in [0.2, 0.25) is 0 Å². The molecule has 0 heterocycles. The van der Waals surface area contributed by atoms with Crippen molar-refractivity contribution in [3.63, 3.8) is 0 Å². The molecule has 1 amide bonds. The minimum absolute atomic E-state index is 0.00782. The molecule has 0 saturated carbocycles. The molecule has 28 heavy (non-hydrogen) atoms. The molecule has 0 bridgehead atoms. The first kappa shape index (κ1) is 20.9. The third-order valence-electron chi connectivity index (χ3n) is 3.37. The van der Waals surface area contributed by atoms with Crippen molar-refractivity contribution in [3.8, 4) is 5.75 Å². The van der Waals surface area contributed by atoms with E-state index in [0.29, 0.717) is 5.56 Å². The fraction of sp³-hybridized carbons (Fsp3) is 0.158. The standard InChI is InChI=1S/C19H15F4NO4/c1-11(18(26)24-13-5-8-15(20)16(21)10-13)27-17(25)9-4-12-2-6-14(7-3-12)28-19(22)23/h2-11,19H,1H3,(H,24,26)/b9-4+/t11-/m0/s1. The summed E-state index contributed by atoms with van der Waals surface area (Å²) in [5.74, 6) is -3.79. The number of nitrogens with one attached hydrogen (secondary N) is 1. The van der Waals surface area contributed by atoms with E-state index in [9.17, 15) is 27.2 Å². The molecule has 9 heteroatoms. The molecular formula is C19H15F4NO4. The molecular weight excluding hydrogens is 382 g/mol. The van der Waals surface area contributed by atoms with Crippen molar-refractivity contribution in [2.45, 2.75) is 19.6 Å². The molecule has 0 radical (unpaired) electrons. The van der Waals surface area contributed by atoms with Crippen LogP contribution in [0.3, 0.4) is 0 Å². The largest absolute Gasteiger partial charge is 0.449 e. The van der Waals surface area contributed by atoms with Gasteiger partial charge in [-0.2, -0.15) is 8.78 Å². The van der Waals surface area contributed by atoms with Crippen LogP contribution >= 0.6 is 0 Å². The number of rotatable bonds is 7. The van der Waals surface area contributed by atoms with E-state index >= 15 is 0 Å². The van der Waals surface area contributed by atoms with Gasteiger partial charge in [0.15, 0.2) is 17.7 Å². The van der Waals surface area contributed by atoms with Gasteiger partial charge in [0.05, 0.1) is 0 Å². The zero-order valence-electron chi connectivity index (χ0n) is 14.5. The number of carbonyl (C=O) groups excluding carboxylic acids is 2. The van der Waals surface area contributed by atoms with Crippen molar-refractivity contribution in [2.75, 3.05) is 5.32 Å². The van der Waals surface area contributed by atoms with E-state index < -0.39 is 36.2 Å². The molecule has 0 aliphatic heterocycles. The predicted octanol–water partition coefficient (Wildman–Crippen LogP) is 4.15. The van der Waals surface area contributed by atoms with Crippen molar-refractivity contribution in [2.24, 2.45) is 0 Å². The highest BCUT2D eigenvalue weighted by molar-refractivity contribution is 5.96. The maximum Gasteiger partial charge on any atom is 0.387 e. The minimum atomic E-state index is -2.93. The Morgan fingerprint density at radius 1 is 1.04 bits per heavy atom. The summed E-state index contributed by atoms with van der Waals surface area (Å²) in [6.45, 7) is -1.63. The Balaban J connectivity index is 1.87. The summed E-state index contributed by atoms with van der Waals surface area (Å²) in [7, 11) is 0. The predicted molar refractivity (Wildman–Crippen MR) is 92.6 cm³/mol. The van der Waals surface area contributed by atoms with Crippen molar-refractivity contribution < 1.29 is 36.6 Å². The number of anilines is 1. The normalized spacial score (nSPS) is 12.1. The summed E-state index contributed by atoms with van der Waals surface area (Å²) in [4.78, 5) is 23.7. The Morgan fingerprint density at radius 3 is 2.32 bits per heavy atom. The smallest absolute Gasteiger partial charge is 0.387 e. The highest BCUT2D eigenvalue weighted by atomic mass is 19.3. The number of alkyl halides is 2. The quantitative estimate of drug-likeness (QED) is 0.433. The number of esters is 1. The molecule has 0 aliphatic carbocycles. The second kappa shape index (κ2) is 9.54. The van der Waals surface area contributed by atoms with E-state index in [4.69, 9.17) is 4.74 Å². The Hall–Kier alpha value is -3.36. The molecule has 5 nitrogen and oxygen atoms in total. The Kier molecular flexibility index (Phi) is 7.14. The van der Waals surface area contributed by atoms with Crippen molar-refractivity contribution in [3.05, 3.63) is 65.7 Å². The lowest BCUT2D eigenvalue weighted by Gasteiger charge is -2.12. The molecule has 0 saturated heterocycles. The van der Waals surface area contributed by atoms with Crippen LogP contribution in [0.5, 0.6) is 5.75 Å². The summed E-state index contributed by atoms with van der Waals surface area (Å²) in [6.07, 6.45) is 1.20. The lowest BCUT2D eigenvalue weighted by atomic mass is 10.2. The Bertz CT molecular complexity index is 869. The van der Waals surface area contributed by atoms with E-state index in [2.05, 4.69) is 10.1 Å². The molecule has 2 aromatic rings. The summed E-state index contributed by atoms with van der Waals surface area (Å²) in [6, 6.07) is 8.29. The average Bonchev–Trinajstić information content (AvgIpc) is 2.63. The second-order valence-corrected chi connectivity index (χ2v) is 5.48. The number of carbonyl (C=O) groups is 2. The highest BCUT2D eigenvalue weighted by Gasteiger charge is 2.17. The lowest BCUT2D eigenvalue weighted by Crippen LogP contribution is -2.29. The van der Waals surface area contributed by atoms with Crippen molar-refractivity contribution in [1.82, 2.24) is 0 Å². The molecule has 0 aliphatic rings. The van der Waals surface area contributed by atoms with E-state index in [1.807, 2.05) is 0 Å². The zero-order valence-corrected chi connectivity index (χ0v) is 14.5. The molecule has 0 fully saturated rings. The van der Waals surface area contributed by atoms with Crippen LogP contribution in [0, 0.1) is 11.6 Å². The summed E-state index contributed by atoms with van der Waals surface area (Å²) in [5.41, 5.74) is 0.519. The third kappa shape index (κ3) is 6.42. The number of hydrogen-bond acceptors (Lipinski definition) is 4. The fourth-order valence-electron chi connectivity index (χ4n) is 2.01. The Morgan fingerprint density at radius 2 is 1.71 bits per heavy atom. The molecule has 0 aromatic heterocycles. The van der Waals surface area contributed by atoms with Gasteiger partial charge in [-0.1, -0.05) is 12.1 Å². The van der Waals surface area contributed by atoms with Gasteiger partial charge >= 0.3 is 12.6 Å². The molecule has 148 valence electrons. The van der Waals surface area contributed by atoms with E-state index in [-0.39, 0.29) is 11.4 Å². The first-order chi connectivity index (χ1) is 13.2. The number of halogens is 4. The molecule has 1 atom stereocenters. The summed E-state index contributed by atoms with van der Waals surface area (Å²) in [5, 5.41) is 2.29. The van der Waals surface area contributed by atoms with Gasteiger partial charge in [0.1, 0.15) is 5.75 Å². The highest BCUT2D eigenvalue weighted by Crippen LogP contribution is 2.16. The van der Waals surface area contributed by atoms with Gasteiger partial charge in [0.2, 0.25) is 0 Å². The van der Waals surface area contributed by atoms with E-state index in [0.717, 1.165) is 24.3 Å². The van der Waals surface area contributed by atoms with Crippen LogP contribution in [0.4, 0.5) is 23.2 Å². The van der Waals surface area contributed by atoms with Gasteiger partial charge in [-0.05, 0) is 42.8 Å². The SMILES string of the molecule is C[C@H](OC(=O)/C=C/c1ccc(OC(F)F)cc1)C(=O)Nc1ccc(F)c(F)c1. The van der Waals surface area contributed by atoms with Gasteiger partial charge in [-0.3, -0.25) is 4.79 Å². The lowest BCUT2D eigenvalue weighted by molar-refractivity contribution is -0.148. The number of benzene rings is 2. The first-order valence-corrected chi connectivity index (χ1v) is 7.94. The van der Waals surface area contributed by atoms with Crippen LogP contribution in [0.25, 0.3) is 6.08 Å². The van der Waals surface area contributed by atoms with Crippen LogP contribution in [0.1, 0.15) is 12.5 Å². The molecule has 2 rings (SSSR count). The van der Waals surface area contributed by atoms with Crippen LogP contribution in [-0.4, -0.2) is 24.6 Å². The van der Waals surface area contributed by atoms with Crippen LogP contribution < -0.4 is 10.1 Å². The van der Waals surface area contributed by atoms with Crippen molar-refractivity contribution >= 4 is 23.6 Å². The fourth-order valence-corrected chi connectivity index (χ4v) is 2.01. The molecule has 2 aromatic carbocycles. The number of amides is 1. The maximum absolute atomic E-state index is 13.1. The van der Waals surface area contributed by atoms with Crippen LogP contribution in [0.15, 0.2) is 48.5 Å². The summed E-state index contributed by atoms with van der Waals surface area (Å²) >= 11 is 0. The van der Waals surface area contributed by atoms with Gasteiger partial charge < -0.3 is 14.8 Å². The van der Waals surface area contributed by atoms with Gasteiger partial charge in [-0.15, -0.1) is 0 Å². The first-order valence-electron chi connectivity index (χ1n) is 7.94. The van der Waals surface area contributed by atoms with Gasteiger partial charge in [0.25, 0.3) is 5.91 Å². The molecule has 1 N–H and O–H groups in total. The molecule has 0 unspecified atom stereocenters. The van der Waals surface area contributed by atoms with Crippen LogP contribution in [-0.2, 0) is 14.3 Å². The zero-order chi connectivity index (χ0) is 20.7. The van der Waals surface area contributed by atoms with Crippen molar-refractivity contribution in [1.29, 1.82) is 0 Å². The summed E-state index contributed by atoms with van der Waals surface area (Å²) < 4.78 is 59.2. The van der Waals surface area contributed by atoms with Gasteiger partial charge in [-0.25, -0.2) is 13.6 Å². The maximum atomic E-state index is 13.1.